The number of hydrogen-bond acceptors (Lipinski definition) is 4. The Bertz CT molecular complexity index is 884. The molecule has 30 heavy (non-hydrogen) atoms. The molecule has 2 N–H and O–H groups in total. The first-order valence-corrected chi connectivity index (χ1v) is 10.5. The number of nitrogens with zero attached hydrogens (tertiary/aromatic N) is 2. The third-order valence-corrected chi connectivity index (χ3v) is 5.87. The molecule has 6 nitrogen and oxygen atoms in total. The highest BCUT2D eigenvalue weighted by Gasteiger charge is 2.26. The van der Waals surface area contributed by atoms with Crippen LogP contribution in [0, 0.1) is 20.8 Å². The third kappa shape index (κ3) is 5.19. The zero-order chi connectivity index (χ0) is 21.7. The van der Waals surface area contributed by atoms with Gasteiger partial charge in [-0.05, 0) is 50.5 Å². The number of para-hydroxylation sites is 2. The third-order valence-electron chi connectivity index (χ3n) is 5.87. The average molecular weight is 409 g/mol. The van der Waals surface area contributed by atoms with Gasteiger partial charge < -0.3 is 15.5 Å². The van der Waals surface area contributed by atoms with Crippen molar-refractivity contribution in [1.29, 1.82) is 0 Å². The Morgan fingerprint density at radius 2 is 1.50 bits per heavy atom. The maximum Gasteiger partial charge on any atom is 0.243 e. The minimum atomic E-state index is -0.267. The van der Waals surface area contributed by atoms with E-state index in [-0.39, 0.29) is 24.4 Å². The number of carbonyl (C=O) groups is 2. The Morgan fingerprint density at radius 1 is 0.900 bits per heavy atom. The van der Waals surface area contributed by atoms with Crippen LogP contribution in [0.2, 0.25) is 0 Å². The Hall–Kier alpha value is -2.86. The molecule has 1 atom stereocenters. The summed E-state index contributed by atoms with van der Waals surface area (Å²) in [7, 11) is 0. The fraction of sp³-hybridized carbons (Fsp3) is 0.417. The molecule has 2 aromatic carbocycles. The van der Waals surface area contributed by atoms with E-state index in [1.54, 1.807) is 0 Å². The maximum absolute atomic E-state index is 12.6. The molecule has 0 bridgehead atoms. The Balaban J connectivity index is 1.47. The van der Waals surface area contributed by atoms with Gasteiger partial charge in [0.05, 0.1) is 12.6 Å². The van der Waals surface area contributed by atoms with Crippen LogP contribution in [-0.4, -0.2) is 55.5 Å². The van der Waals surface area contributed by atoms with Crippen molar-refractivity contribution in [3.63, 3.8) is 0 Å². The van der Waals surface area contributed by atoms with E-state index in [0.29, 0.717) is 0 Å². The molecule has 0 radical (unpaired) electrons. The summed E-state index contributed by atoms with van der Waals surface area (Å²) in [6, 6.07) is 14.0. The molecule has 1 heterocycles. The highest BCUT2D eigenvalue weighted by Crippen LogP contribution is 2.21. The molecule has 0 aromatic heterocycles. The summed E-state index contributed by atoms with van der Waals surface area (Å²) >= 11 is 0. The van der Waals surface area contributed by atoms with Crippen molar-refractivity contribution in [3.8, 4) is 0 Å². The van der Waals surface area contributed by atoms with E-state index in [4.69, 9.17) is 0 Å². The van der Waals surface area contributed by atoms with Gasteiger partial charge >= 0.3 is 0 Å². The first kappa shape index (κ1) is 21.8. The molecule has 1 aliphatic heterocycles. The predicted molar refractivity (Wildman–Crippen MR) is 122 cm³/mol. The van der Waals surface area contributed by atoms with Crippen molar-refractivity contribution < 1.29 is 9.59 Å². The van der Waals surface area contributed by atoms with Crippen molar-refractivity contribution >= 4 is 23.2 Å². The van der Waals surface area contributed by atoms with Gasteiger partial charge in [-0.25, -0.2) is 0 Å². The standard InChI is InChI=1S/C24H32N4O2/c1-17-8-5-6-11-21(17)28-14-12-27(13-15-28)20(4)24(30)25-16-22(29)26-23-18(2)9-7-10-19(23)3/h5-11,20H,12-16H2,1-4H3,(H,25,30)(H,26,29)/t20-/m0/s1. The molecule has 160 valence electrons. The van der Waals surface area contributed by atoms with Crippen molar-refractivity contribution in [2.75, 3.05) is 42.9 Å². The summed E-state index contributed by atoms with van der Waals surface area (Å²) in [5.74, 6) is -0.326. The van der Waals surface area contributed by atoms with E-state index in [2.05, 4.69) is 51.6 Å². The van der Waals surface area contributed by atoms with Crippen LogP contribution in [0.1, 0.15) is 23.6 Å². The number of nitrogens with one attached hydrogen (secondary N) is 2. The van der Waals surface area contributed by atoms with Crippen LogP contribution in [0.5, 0.6) is 0 Å². The summed E-state index contributed by atoms with van der Waals surface area (Å²) < 4.78 is 0. The lowest BCUT2D eigenvalue weighted by Crippen LogP contribution is -2.54. The van der Waals surface area contributed by atoms with Crippen LogP contribution < -0.4 is 15.5 Å². The van der Waals surface area contributed by atoms with E-state index >= 15 is 0 Å². The quantitative estimate of drug-likeness (QED) is 0.772. The molecular weight excluding hydrogens is 376 g/mol. The van der Waals surface area contributed by atoms with E-state index in [9.17, 15) is 9.59 Å². The second kappa shape index (κ2) is 9.76. The summed E-state index contributed by atoms with van der Waals surface area (Å²) in [5, 5.41) is 5.69. The molecule has 0 aliphatic carbocycles. The zero-order valence-corrected chi connectivity index (χ0v) is 18.4. The SMILES string of the molecule is Cc1ccccc1N1CCN([C@@H](C)C(=O)NCC(=O)Nc2c(C)cccc2C)CC1. The number of amides is 2. The van der Waals surface area contributed by atoms with Crippen molar-refractivity contribution in [2.24, 2.45) is 0 Å². The number of carbonyl (C=O) groups excluding carboxylic acids is 2. The monoisotopic (exact) mass is 408 g/mol. The Kier molecular flexibility index (Phi) is 7.11. The van der Waals surface area contributed by atoms with Crippen LogP contribution in [0.4, 0.5) is 11.4 Å². The number of benzene rings is 2. The largest absolute Gasteiger partial charge is 0.369 e. The van der Waals surface area contributed by atoms with Gasteiger partial charge in [0, 0.05) is 37.6 Å². The number of piperazine rings is 1. The van der Waals surface area contributed by atoms with E-state index in [0.717, 1.165) is 43.0 Å². The summed E-state index contributed by atoms with van der Waals surface area (Å²) in [5.41, 5.74) is 5.37. The zero-order valence-electron chi connectivity index (χ0n) is 18.4. The number of hydrogen-bond donors (Lipinski definition) is 2. The molecular formula is C24H32N4O2. The normalized spacial score (nSPS) is 15.5. The van der Waals surface area contributed by atoms with Crippen LogP contribution >= 0.6 is 0 Å². The van der Waals surface area contributed by atoms with Crippen molar-refractivity contribution in [1.82, 2.24) is 10.2 Å². The lowest BCUT2D eigenvalue weighted by atomic mass is 10.1. The van der Waals surface area contributed by atoms with Crippen LogP contribution in [-0.2, 0) is 9.59 Å². The Labute approximate surface area is 179 Å². The second-order valence-electron chi connectivity index (χ2n) is 8.02. The molecule has 6 heteroatoms. The first-order chi connectivity index (χ1) is 14.4. The van der Waals surface area contributed by atoms with Crippen molar-refractivity contribution in [2.45, 2.75) is 33.7 Å². The van der Waals surface area contributed by atoms with Crippen LogP contribution in [0.25, 0.3) is 0 Å². The topological polar surface area (TPSA) is 64.7 Å². The molecule has 1 aliphatic rings. The lowest BCUT2D eigenvalue weighted by molar-refractivity contribution is -0.128. The summed E-state index contributed by atoms with van der Waals surface area (Å²) in [4.78, 5) is 29.4. The van der Waals surface area contributed by atoms with E-state index in [1.165, 1.54) is 11.3 Å². The Morgan fingerprint density at radius 3 is 2.13 bits per heavy atom. The summed E-state index contributed by atoms with van der Waals surface area (Å²) in [6.45, 7) is 11.3. The molecule has 0 spiro atoms. The minimum Gasteiger partial charge on any atom is -0.369 e. The highest BCUT2D eigenvalue weighted by atomic mass is 16.2. The van der Waals surface area contributed by atoms with Gasteiger partial charge in [0.2, 0.25) is 11.8 Å². The maximum atomic E-state index is 12.6. The van der Waals surface area contributed by atoms with Gasteiger partial charge in [-0.15, -0.1) is 0 Å². The number of aryl methyl sites for hydroxylation is 3. The number of rotatable bonds is 6. The fourth-order valence-electron chi connectivity index (χ4n) is 3.94. The van der Waals surface area contributed by atoms with E-state index < -0.39 is 0 Å². The average Bonchev–Trinajstić information content (AvgIpc) is 2.75. The second-order valence-corrected chi connectivity index (χ2v) is 8.02. The lowest BCUT2D eigenvalue weighted by Gasteiger charge is -2.39. The van der Waals surface area contributed by atoms with Gasteiger partial charge in [0.25, 0.3) is 0 Å². The molecule has 3 rings (SSSR count). The van der Waals surface area contributed by atoms with Crippen LogP contribution in [0.3, 0.4) is 0 Å². The highest BCUT2D eigenvalue weighted by molar-refractivity contribution is 5.96. The van der Waals surface area contributed by atoms with Crippen LogP contribution in [0.15, 0.2) is 42.5 Å². The molecule has 1 saturated heterocycles. The predicted octanol–water partition coefficient (Wildman–Crippen LogP) is 2.88. The minimum absolute atomic E-state index is 0.0277. The molecule has 2 amide bonds. The van der Waals surface area contributed by atoms with Crippen molar-refractivity contribution in [3.05, 3.63) is 59.2 Å². The first-order valence-electron chi connectivity index (χ1n) is 10.5. The van der Waals surface area contributed by atoms with Gasteiger partial charge in [-0.3, -0.25) is 14.5 Å². The molecule has 0 unspecified atom stereocenters. The van der Waals surface area contributed by atoms with E-state index in [1.807, 2.05) is 39.0 Å². The van der Waals surface area contributed by atoms with Gasteiger partial charge in [0.1, 0.15) is 0 Å². The van der Waals surface area contributed by atoms with Gasteiger partial charge in [-0.2, -0.15) is 0 Å². The molecule has 2 aromatic rings. The summed E-state index contributed by atoms with van der Waals surface area (Å²) in [6.07, 6.45) is 0. The smallest absolute Gasteiger partial charge is 0.243 e. The number of anilines is 2. The van der Waals surface area contributed by atoms with Gasteiger partial charge in [0.15, 0.2) is 0 Å². The fourth-order valence-corrected chi connectivity index (χ4v) is 3.94. The van der Waals surface area contributed by atoms with Gasteiger partial charge in [-0.1, -0.05) is 36.4 Å². The molecule has 0 saturated carbocycles. The molecule has 1 fully saturated rings.